The fourth-order valence-electron chi connectivity index (χ4n) is 2.42. The van der Waals surface area contributed by atoms with Crippen LogP contribution in [-0.2, 0) is 4.74 Å². The Kier molecular flexibility index (Phi) is 5.17. The second kappa shape index (κ2) is 6.89. The Labute approximate surface area is 126 Å². The smallest absolute Gasteiger partial charge is 0.251 e. The first-order chi connectivity index (χ1) is 10.0. The second-order valence-corrected chi connectivity index (χ2v) is 5.80. The van der Waals surface area contributed by atoms with Crippen LogP contribution in [0.15, 0.2) is 12.1 Å². The number of aromatic nitrogens is 1. The van der Waals surface area contributed by atoms with Gasteiger partial charge in [-0.1, -0.05) is 13.8 Å². The van der Waals surface area contributed by atoms with E-state index in [9.17, 15) is 4.79 Å². The monoisotopic (exact) mass is 291 g/mol. The summed E-state index contributed by atoms with van der Waals surface area (Å²) in [6.07, 6.45) is 0.948. The third-order valence-corrected chi connectivity index (χ3v) is 3.75. The van der Waals surface area contributed by atoms with E-state index in [1.807, 2.05) is 26.0 Å². The summed E-state index contributed by atoms with van der Waals surface area (Å²) in [7, 11) is 0. The molecule has 1 fully saturated rings. The third kappa shape index (κ3) is 3.94. The zero-order valence-corrected chi connectivity index (χ0v) is 13.3. The lowest BCUT2D eigenvalue weighted by Gasteiger charge is -2.17. The number of pyridine rings is 1. The van der Waals surface area contributed by atoms with Crippen LogP contribution in [0.3, 0.4) is 0 Å². The Morgan fingerprint density at radius 1 is 1.48 bits per heavy atom. The Morgan fingerprint density at radius 3 is 2.81 bits per heavy atom. The van der Waals surface area contributed by atoms with E-state index in [2.05, 4.69) is 29.5 Å². The van der Waals surface area contributed by atoms with Crippen molar-refractivity contribution in [2.24, 2.45) is 0 Å². The maximum atomic E-state index is 12.5. The van der Waals surface area contributed by atoms with Crippen molar-refractivity contribution in [3.05, 3.63) is 23.4 Å². The molecule has 5 nitrogen and oxygen atoms in total. The lowest BCUT2D eigenvalue weighted by molar-refractivity contribution is 0.0866. The number of hydrogen-bond acceptors (Lipinski definition) is 4. The minimum Gasteiger partial charge on any atom is -0.376 e. The van der Waals surface area contributed by atoms with Crippen LogP contribution < -0.4 is 10.6 Å². The Balaban J connectivity index is 2.18. The highest BCUT2D eigenvalue weighted by Gasteiger charge is 2.26. The minimum absolute atomic E-state index is 0.0548. The minimum atomic E-state index is -0.0548. The zero-order chi connectivity index (χ0) is 15.4. The molecule has 0 bridgehead atoms. The molecule has 2 heterocycles. The first-order valence-electron chi connectivity index (χ1n) is 7.69. The summed E-state index contributed by atoms with van der Waals surface area (Å²) < 4.78 is 5.49. The van der Waals surface area contributed by atoms with Crippen LogP contribution in [0.1, 0.15) is 56.1 Å². The molecule has 0 radical (unpaired) electrons. The van der Waals surface area contributed by atoms with Crippen LogP contribution >= 0.6 is 0 Å². The van der Waals surface area contributed by atoms with E-state index in [0.717, 1.165) is 24.5 Å². The average molecular weight is 291 g/mol. The Hall–Kier alpha value is -1.62. The molecule has 0 saturated carbocycles. The molecule has 2 unspecified atom stereocenters. The van der Waals surface area contributed by atoms with Gasteiger partial charge in [0.2, 0.25) is 0 Å². The molecular formula is C16H25N3O2. The van der Waals surface area contributed by atoms with Crippen LogP contribution in [0.4, 0.5) is 5.82 Å². The Morgan fingerprint density at radius 2 is 2.24 bits per heavy atom. The second-order valence-electron chi connectivity index (χ2n) is 5.80. The number of carbonyl (C=O) groups excluding carboxylic acids is 1. The summed E-state index contributed by atoms with van der Waals surface area (Å²) >= 11 is 0. The molecule has 1 aliphatic heterocycles. The molecule has 2 atom stereocenters. The highest BCUT2D eigenvalue weighted by atomic mass is 16.5. The molecule has 2 rings (SSSR count). The quantitative estimate of drug-likeness (QED) is 0.875. The van der Waals surface area contributed by atoms with Crippen LogP contribution in [-0.4, -0.2) is 36.2 Å². The van der Waals surface area contributed by atoms with E-state index in [4.69, 9.17) is 4.74 Å². The SMILES string of the molecule is CCNc1cc(C(=O)NC2CCOC2C)cc(C(C)C)n1. The van der Waals surface area contributed by atoms with Crippen molar-refractivity contribution in [3.8, 4) is 0 Å². The van der Waals surface area contributed by atoms with Gasteiger partial charge in [-0.05, 0) is 38.3 Å². The molecule has 1 aliphatic rings. The fraction of sp³-hybridized carbons (Fsp3) is 0.625. The van der Waals surface area contributed by atoms with E-state index in [1.165, 1.54) is 0 Å². The predicted molar refractivity (Wildman–Crippen MR) is 83.8 cm³/mol. The van der Waals surface area contributed by atoms with Crippen molar-refractivity contribution < 1.29 is 9.53 Å². The normalized spacial score (nSPS) is 21.6. The number of hydrogen-bond donors (Lipinski definition) is 2. The van der Waals surface area contributed by atoms with Gasteiger partial charge in [0.25, 0.3) is 5.91 Å². The maximum absolute atomic E-state index is 12.5. The molecule has 0 spiro atoms. The van der Waals surface area contributed by atoms with Gasteiger partial charge >= 0.3 is 0 Å². The number of rotatable bonds is 5. The number of nitrogens with one attached hydrogen (secondary N) is 2. The van der Waals surface area contributed by atoms with Gasteiger partial charge in [-0.25, -0.2) is 4.98 Å². The third-order valence-electron chi connectivity index (χ3n) is 3.75. The van der Waals surface area contributed by atoms with Gasteiger partial charge in [-0.15, -0.1) is 0 Å². The van der Waals surface area contributed by atoms with Gasteiger partial charge in [0, 0.05) is 24.4 Å². The molecule has 0 aromatic carbocycles. The fourth-order valence-corrected chi connectivity index (χ4v) is 2.42. The zero-order valence-electron chi connectivity index (χ0n) is 13.3. The summed E-state index contributed by atoms with van der Waals surface area (Å²) in [6, 6.07) is 3.78. The van der Waals surface area contributed by atoms with Crippen molar-refractivity contribution >= 4 is 11.7 Å². The van der Waals surface area contributed by atoms with Crippen molar-refractivity contribution in [1.29, 1.82) is 0 Å². The number of anilines is 1. The standard InChI is InChI=1S/C16H25N3O2/c1-5-17-15-9-12(8-14(18-15)10(2)3)16(20)19-13-6-7-21-11(13)4/h8-11,13H,5-7H2,1-4H3,(H,17,18)(H,19,20). The summed E-state index contributed by atoms with van der Waals surface area (Å²) in [5.41, 5.74) is 1.58. The highest BCUT2D eigenvalue weighted by molar-refractivity contribution is 5.95. The Bertz CT molecular complexity index is 502. The van der Waals surface area contributed by atoms with E-state index < -0.39 is 0 Å². The van der Waals surface area contributed by atoms with E-state index >= 15 is 0 Å². The van der Waals surface area contributed by atoms with Crippen molar-refractivity contribution in [1.82, 2.24) is 10.3 Å². The molecule has 2 N–H and O–H groups in total. The van der Waals surface area contributed by atoms with Crippen LogP contribution in [0, 0.1) is 0 Å². The van der Waals surface area contributed by atoms with Gasteiger partial charge < -0.3 is 15.4 Å². The topological polar surface area (TPSA) is 63.2 Å². The van der Waals surface area contributed by atoms with E-state index in [0.29, 0.717) is 12.2 Å². The summed E-state index contributed by atoms with van der Waals surface area (Å²) in [6.45, 7) is 9.65. The highest BCUT2D eigenvalue weighted by Crippen LogP contribution is 2.19. The van der Waals surface area contributed by atoms with Crippen LogP contribution in [0.5, 0.6) is 0 Å². The molecule has 116 valence electrons. The number of amides is 1. The molecular weight excluding hydrogens is 266 g/mol. The van der Waals surface area contributed by atoms with Gasteiger partial charge in [-0.2, -0.15) is 0 Å². The molecule has 21 heavy (non-hydrogen) atoms. The maximum Gasteiger partial charge on any atom is 0.251 e. The summed E-state index contributed by atoms with van der Waals surface area (Å²) in [4.78, 5) is 17.0. The van der Waals surface area contributed by atoms with Crippen molar-refractivity contribution in [3.63, 3.8) is 0 Å². The largest absolute Gasteiger partial charge is 0.376 e. The molecule has 1 saturated heterocycles. The molecule has 1 aromatic heterocycles. The lowest BCUT2D eigenvalue weighted by atomic mass is 10.1. The van der Waals surface area contributed by atoms with E-state index in [-0.39, 0.29) is 24.0 Å². The van der Waals surface area contributed by atoms with Crippen molar-refractivity contribution in [2.75, 3.05) is 18.5 Å². The molecule has 0 aliphatic carbocycles. The van der Waals surface area contributed by atoms with Gasteiger partial charge in [-0.3, -0.25) is 4.79 Å². The van der Waals surface area contributed by atoms with Crippen LogP contribution in [0.2, 0.25) is 0 Å². The molecule has 1 aromatic rings. The number of nitrogens with zero attached hydrogens (tertiary/aromatic N) is 1. The number of carbonyl (C=O) groups is 1. The van der Waals surface area contributed by atoms with Gasteiger partial charge in [0.15, 0.2) is 0 Å². The molecule has 5 heteroatoms. The van der Waals surface area contributed by atoms with Crippen LogP contribution in [0.25, 0.3) is 0 Å². The van der Waals surface area contributed by atoms with Gasteiger partial charge in [0.05, 0.1) is 12.1 Å². The van der Waals surface area contributed by atoms with E-state index in [1.54, 1.807) is 0 Å². The number of ether oxygens (including phenoxy) is 1. The van der Waals surface area contributed by atoms with Crippen molar-refractivity contribution in [2.45, 2.75) is 52.2 Å². The summed E-state index contributed by atoms with van der Waals surface area (Å²) in [5, 5.41) is 6.25. The average Bonchev–Trinajstić information content (AvgIpc) is 2.84. The predicted octanol–water partition coefficient (Wildman–Crippen LogP) is 2.54. The first kappa shape index (κ1) is 15.8. The lowest BCUT2D eigenvalue weighted by Crippen LogP contribution is -2.39. The summed E-state index contributed by atoms with van der Waals surface area (Å²) in [5.74, 6) is 0.981. The first-order valence-corrected chi connectivity index (χ1v) is 7.69. The molecule has 1 amide bonds. The van der Waals surface area contributed by atoms with Gasteiger partial charge in [0.1, 0.15) is 5.82 Å².